The first-order chi connectivity index (χ1) is 7.13. The molecular formula is C11H23N3O. The lowest BCUT2D eigenvalue weighted by atomic mass is 10.1. The second kappa shape index (κ2) is 6.08. The van der Waals surface area contributed by atoms with Gasteiger partial charge in [0, 0.05) is 13.1 Å². The Hall–Kier alpha value is -0.610. The van der Waals surface area contributed by atoms with Gasteiger partial charge in [0.2, 0.25) is 5.91 Å². The van der Waals surface area contributed by atoms with Crippen LogP contribution in [0.1, 0.15) is 25.7 Å². The molecule has 1 saturated carbocycles. The summed E-state index contributed by atoms with van der Waals surface area (Å²) < 4.78 is 0. The molecule has 1 atom stereocenters. The van der Waals surface area contributed by atoms with Crippen molar-refractivity contribution in [3.8, 4) is 0 Å². The quantitative estimate of drug-likeness (QED) is 0.662. The fourth-order valence-electron chi connectivity index (χ4n) is 2.34. The maximum Gasteiger partial charge on any atom is 0.235 e. The summed E-state index contributed by atoms with van der Waals surface area (Å²) in [6.45, 7) is 1.80. The number of carbonyl (C=O) groups is 1. The van der Waals surface area contributed by atoms with Crippen molar-refractivity contribution < 1.29 is 4.79 Å². The highest BCUT2D eigenvalue weighted by molar-refractivity contribution is 5.80. The molecule has 0 aromatic heterocycles. The second-order valence-electron chi connectivity index (χ2n) is 4.62. The van der Waals surface area contributed by atoms with Crippen LogP contribution < -0.4 is 11.1 Å². The number of nitrogens with one attached hydrogen (secondary N) is 1. The van der Waals surface area contributed by atoms with Crippen LogP contribution in [0, 0.1) is 5.92 Å². The summed E-state index contributed by atoms with van der Waals surface area (Å²) in [7, 11) is 3.84. The van der Waals surface area contributed by atoms with Gasteiger partial charge in [0.05, 0.1) is 6.04 Å². The Balaban J connectivity index is 2.26. The van der Waals surface area contributed by atoms with Crippen LogP contribution >= 0.6 is 0 Å². The number of hydrogen-bond acceptors (Lipinski definition) is 3. The summed E-state index contributed by atoms with van der Waals surface area (Å²) in [5.74, 6) is 0.552. The molecule has 1 aliphatic carbocycles. The Bertz CT molecular complexity index is 202. The number of amides is 1. The Kier molecular flexibility index (Phi) is 5.05. The molecule has 0 aliphatic heterocycles. The monoisotopic (exact) mass is 213 g/mol. The third kappa shape index (κ3) is 4.18. The van der Waals surface area contributed by atoms with Crippen LogP contribution in [0.2, 0.25) is 0 Å². The second-order valence-corrected chi connectivity index (χ2v) is 4.62. The minimum Gasteiger partial charge on any atom is -0.368 e. The Morgan fingerprint density at radius 2 is 2.13 bits per heavy atom. The van der Waals surface area contributed by atoms with E-state index in [0.29, 0.717) is 6.54 Å². The summed E-state index contributed by atoms with van der Waals surface area (Å²) in [5, 5.41) is 2.94. The number of nitrogens with zero attached hydrogens (tertiary/aromatic N) is 1. The number of rotatable bonds is 6. The van der Waals surface area contributed by atoms with Gasteiger partial charge in [-0.15, -0.1) is 0 Å². The van der Waals surface area contributed by atoms with Crippen LogP contribution in [-0.4, -0.2) is 44.0 Å². The predicted octanol–water partition coefficient (Wildman–Crippen LogP) is 0.182. The van der Waals surface area contributed by atoms with Crippen molar-refractivity contribution in [1.82, 2.24) is 10.2 Å². The van der Waals surface area contributed by atoms with Crippen molar-refractivity contribution in [3.63, 3.8) is 0 Å². The van der Waals surface area contributed by atoms with E-state index in [0.717, 1.165) is 12.5 Å². The molecule has 0 radical (unpaired) electrons. The molecule has 0 heterocycles. The Labute approximate surface area is 92.2 Å². The number of primary amides is 1. The molecule has 1 fully saturated rings. The molecular weight excluding hydrogens is 190 g/mol. The van der Waals surface area contributed by atoms with E-state index in [2.05, 4.69) is 17.3 Å². The normalized spacial score (nSPS) is 19.7. The van der Waals surface area contributed by atoms with Crippen molar-refractivity contribution in [3.05, 3.63) is 0 Å². The summed E-state index contributed by atoms with van der Waals surface area (Å²) in [6.07, 6.45) is 5.41. The molecule has 4 nitrogen and oxygen atoms in total. The van der Waals surface area contributed by atoms with E-state index in [4.69, 9.17) is 5.73 Å². The van der Waals surface area contributed by atoms with Gasteiger partial charge in [-0.05, 0) is 32.9 Å². The number of likely N-dealkylation sites (N-methyl/N-ethyl adjacent to an activating group) is 2. The predicted molar refractivity (Wildman–Crippen MR) is 61.5 cm³/mol. The lowest BCUT2D eigenvalue weighted by molar-refractivity contribution is -0.120. The average molecular weight is 213 g/mol. The van der Waals surface area contributed by atoms with E-state index in [9.17, 15) is 4.79 Å². The lowest BCUT2D eigenvalue weighted by Crippen LogP contribution is -2.47. The average Bonchev–Trinajstić information content (AvgIpc) is 2.66. The van der Waals surface area contributed by atoms with Gasteiger partial charge in [-0.3, -0.25) is 4.79 Å². The van der Waals surface area contributed by atoms with Crippen molar-refractivity contribution in [2.75, 3.05) is 27.2 Å². The zero-order chi connectivity index (χ0) is 11.3. The molecule has 4 heteroatoms. The summed E-state index contributed by atoms with van der Waals surface area (Å²) in [6, 6.07) is -0.226. The first kappa shape index (κ1) is 12.5. The van der Waals surface area contributed by atoms with Crippen molar-refractivity contribution in [2.24, 2.45) is 11.7 Å². The van der Waals surface area contributed by atoms with E-state index in [1.807, 2.05) is 0 Å². The number of carbonyl (C=O) groups excluding carboxylic acids is 1. The molecule has 1 unspecified atom stereocenters. The molecule has 1 aliphatic rings. The summed E-state index contributed by atoms with van der Waals surface area (Å²) in [5.41, 5.74) is 5.28. The molecule has 15 heavy (non-hydrogen) atoms. The highest BCUT2D eigenvalue weighted by atomic mass is 16.1. The minimum atomic E-state index is -0.268. The topological polar surface area (TPSA) is 58.4 Å². The molecule has 3 N–H and O–H groups in total. The molecule has 0 bridgehead atoms. The molecule has 0 aromatic rings. The molecule has 0 spiro atoms. The maximum atomic E-state index is 11.0. The van der Waals surface area contributed by atoms with Gasteiger partial charge in [-0.2, -0.15) is 0 Å². The fourth-order valence-corrected chi connectivity index (χ4v) is 2.34. The van der Waals surface area contributed by atoms with E-state index in [1.165, 1.54) is 25.7 Å². The SMILES string of the molecule is CNC(CN(C)CC1CCCC1)C(N)=O. The molecule has 88 valence electrons. The largest absolute Gasteiger partial charge is 0.368 e. The molecule has 1 amide bonds. The van der Waals surface area contributed by atoms with Crippen molar-refractivity contribution in [1.29, 1.82) is 0 Å². The molecule has 0 saturated heterocycles. The van der Waals surface area contributed by atoms with E-state index < -0.39 is 0 Å². The van der Waals surface area contributed by atoms with E-state index in [-0.39, 0.29) is 11.9 Å². The zero-order valence-corrected chi connectivity index (χ0v) is 9.83. The number of nitrogens with two attached hydrogens (primary N) is 1. The Morgan fingerprint density at radius 1 is 1.53 bits per heavy atom. The number of hydrogen-bond donors (Lipinski definition) is 2. The summed E-state index contributed by atoms with van der Waals surface area (Å²) in [4.78, 5) is 13.2. The van der Waals surface area contributed by atoms with Gasteiger partial charge in [0.15, 0.2) is 0 Å². The van der Waals surface area contributed by atoms with Crippen molar-refractivity contribution >= 4 is 5.91 Å². The highest BCUT2D eigenvalue weighted by Gasteiger charge is 2.20. The Morgan fingerprint density at radius 3 is 2.60 bits per heavy atom. The van der Waals surface area contributed by atoms with Crippen LogP contribution in [0.4, 0.5) is 0 Å². The van der Waals surface area contributed by atoms with Gasteiger partial charge in [-0.1, -0.05) is 12.8 Å². The van der Waals surface area contributed by atoms with Crippen LogP contribution in [0.3, 0.4) is 0 Å². The third-order valence-electron chi connectivity index (χ3n) is 3.23. The van der Waals surface area contributed by atoms with Crippen LogP contribution in [-0.2, 0) is 4.79 Å². The van der Waals surface area contributed by atoms with Gasteiger partial charge in [0.25, 0.3) is 0 Å². The molecule has 0 aromatic carbocycles. The maximum absolute atomic E-state index is 11.0. The highest BCUT2D eigenvalue weighted by Crippen LogP contribution is 2.25. The van der Waals surface area contributed by atoms with Gasteiger partial charge in [0.1, 0.15) is 0 Å². The zero-order valence-electron chi connectivity index (χ0n) is 9.83. The standard InChI is InChI=1S/C11H23N3O/c1-13-10(11(12)15)8-14(2)7-9-5-3-4-6-9/h9-10,13H,3-8H2,1-2H3,(H2,12,15). The van der Waals surface area contributed by atoms with Crippen LogP contribution in [0.25, 0.3) is 0 Å². The molecule has 1 rings (SSSR count). The van der Waals surface area contributed by atoms with Gasteiger partial charge >= 0.3 is 0 Å². The van der Waals surface area contributed by atoms with E-state index >= 15 is 0 Å². The van der Waals surface area contributed by atoms with Crippen LogP contribution in [0.15, 0.2) is 0 Å². The van der Waals surface area contributed by atoms with E-state index in [1.54, 1.807) is 7.05 Å². The lowest BCUT2D eigenvalue weighted by Gasteiger charge is -2.24. The third-order valence-corrected chi connectivity index (χ3v) is 3.23. The fraction of sp³-hybridized carbons (Fsp3) is 0.909. The first-order valence-electron chi connectivity index (χ1n) is 5.78. The minimum absolute atomic E-state index is 0.226. The van der Waals surface area contributed by atoms with Gasteiger partial charge in [-0.25, -0.2) is 0 Å². The van der Waals surface area contributed by atoms with Gasteiger partial charge < -0.3 is 16.0 Å². The smallest absolute Gasteiger partial charge is 0.235 e. The summed E-state index contributed by atoms with van der Waals surface area (Å²) >= 11 is 0. The van der Waals surface area contributed by atoms with Crippen LogP contribution in [0.5, 0.6) is 0 Å². The van der Waals surface area contributed by atoms with Crippen molar-refractivity contribution in [2.45, 2.75) is 31.7 Å². The first-order valence-corrected chi connectivity index (χ1v) is 5.78.